The first kappa shape index (κ1) is 16.7. The highest BCUT2D eigenvalue weighted by atomic mass is 16.1. The Labute approximate surface area is 137 Å². The van der Waals surface area contributed by atoms with Crippen molar-refractivity contribution in [2.45, 2.75) is 19.9 Å². The molecule has 0 aromatic heterocycles. The number of amides is 1. The molecule has 0 aliphatic heterocycles. The number of rotatable bonds is 5. The molecule has 2 aromatic rings. The molecule has 5 nitrogen and oxygen atoms in total. The molecule has 23 heavy (non-hydrogen) atoms. The standard InChI is InChI=1S/C18H22N4O/c1-13(2)19-18(23)14-5-7-15(8-6-14)20-21-16-9-11-17(12-10-16)22(3)4/h5-13H,1-4H3,(H,19,23)/b21-20+. The minimum atomic E-state index is -0.0808. The maximum absolute atomic E-state index is 11.9. The van der Waals surface area contributed by atoms with Gasteiger partial charge in [0.1, 0.15) is 0 Å². The van der Waals surface area contributed by atoms with Crippen molar-refractivity contribution in [2.75, 3.05) is 19.0 Å². The Bertz CT molecular complexity index is 673. The van der Waals surface area contributed by atoms with Crippen LogP contribution in [-0.4, -0.2) is 26.0 Å². The second-order valence-corrected chi connectivity index (χ2v) is 5.79. The molecule has 2 aromatic carbocycles. The fourth-order valence-electron chi connectivity index (χ4n) is 1.96. The molecule has 0 saturated heterocycles. The predicted molar refractivity (Wildman–Crippen MR) is 94.0 cm³/mol. The molecule has 0 aliphatic rings. The molecule has 1 amide bonds. The highest BCUT2D eigenvalue weighted by Gasteiger charge is 2.06. The quantitative estimate of drug-likeness (QED) is 0.837. The number of carbonyl (C=O) groups excluding carboxylic acids is 1. The minimum Gasteiger partial charge on any atom is -0.378 e. The SMILES string of the molecule is CC(C)NC(=O)c1ccc(/N=N/c2ccc(N(C)C)cc2)cc1. The molecule has 0 fully saturated rings. The summed E-state index contributed by atoms with van der Waals surface area (Å²) in [6.45, 7) is 3.87. The van der Waals surface area contributed by atoms with Gasteiger partial charge in [-0.25, -0.2) is 0 Å². The molecule has 0 atom stereocenters. The molecule has 2 rings (SSSR count). The zero-order chi connectivity index (χ0) is 16.8. The summed E-state index contributed by atoms with van der Waals surface area (Å²) in [4.78, 5) is 13.9. The Kier molecular flexibility index (Phi) is 5.46. The summed E-state index contributed by atoms with van der Waals surface area (Å²) < 4.78 is 0. The summed E-state index contributed by atoms with van der Waals surface area (Å²) >= 11 is 0. The Morgan fingerprint density at radius 1 is 0.913 bits per heavy atom. The Balaban J connectivity index is 2.04. The number of hydrogen-bond acceptors (Lipinski definition) is 4. The number of anilines is 1. The van der Waals surface area contributed by atoms with E-state index in [1.165, 1.54) is 0 Å². The van der Waals surface area contributed by atoms with Gasteiger partial charge < -0.3 is 10.2 Å². The van der Waals surface area contributed by atoms with Gasteiger partial charge in [-0.3, -0.25) is 4.79 Å². The molecule has 0 saturated carbocycles. The van der Waals surface area contributed by atoms with Crippen LogP contribution in [0.2, 0.25) is 0 Å². The second kappa shape index (κ2) is 7.54. The summed E-state index contributed by atoms with van der Waals surface area (Å²) in [5.74, 6) is -0.0808. The first-order valence-electron chi connectivity index (χ1n) is 7.56. The van der Waals surface area contributed by atoms with Gasteiger partial charge >= 0.3 is 0 Å². The van der Waals surface area contributed by atoms with Gasteiger partial charge in [-0.15, -0.1) is 0 Å². The van der Waals surface area contributed by atoms with Crippen molar-refractivity contribution < 1.29 is 4.79 Å². The van der Waals surface area contributed by atoms with Gasteiger partial charge in [0.05, 0.1) is 11.4 Å². The number of hydrogen-bond donors (Lipinski definition) is 1. The molecule has 0 heterocycles. The second-order valence-electron chi connectivity index (χ2n) is 5.79. The number of nitrogens with one attached hydrogen (secondary N) is 1. The van der Waals surface area contributed by atoms with Gasteiger partial charge in [0.15, 0.2) is 0 Å². The first-order valence-corrected chi connectivity index (χ1v) is 7.56. The molecule has 120 valence electrons. The molecule has 1 N–H and O–H groups in total. The number of carbonyl (C=O) groups is 1. The third-order valence-electron chi connectivity index (χ3n) is 3.20. The van der Waals surface area contributed by atoms with E-state index in [2.05, 4.69) is 15.5 Å². The lowest BCUT2D eigenvalue weighted by molar-refractivity contribution is 0.0943. The summed E-state index contributed by atoms with van der Waals surface area (Å²) in [6, 6.07) is 15.0. The van der Waals surface area contributed by atoms with E-state index in [-0.39, 0.29) is 11.9 Å². The van der Waals surface area contributed by atoms with Gasteiger partial charge in [0, 0.05) is 31.4 Å². The first-order chi connectivity index (χ1) is 11.0. The third kappa shape index (κ3) is 4.92. The highest BCUT2D eigenvalue weighted by molar-refractivity contribution is 5.94. The van der Waals surface area contributed by atoms with Crippen LogP contribution in [0.5, 0.6) is 0 Å². The summed E-state index contributed by atoms with van der Waals surface area (Å²) in [5, 5.41) is 11.3. The van der Waals surface area contributed by atoms with Crippen LogP contribution in [0.3, 0.4) is 0 Å². The number of nitrogens with zero attached hydrogens (tertiary/aromatic N) is 3. The van der Waals surface area contributed by atoms with Crippen molar-refractivity contribution in [3.8, 4) is 0 Å². The maximum Gasteiger partial charge on any atom is 0.251 e. The van der Waals surface area contributed by atoms with E-state index in [1.807, 2.05) is 57.1 Å². The monoisotopic (exact) mass is 310 g/mol. The van der Waals surface area contributed by atoms with Gasteiger partial charge in [-0.1, -0.05) is 0 Å². The molecule has 0 bridgehead atoms. The lowest BCUT2D eigenvalue weighted by Gasteiger charge is -2.11. The van der Waals surface area contributed by atoms with Crippen LogP contribution in [0.15, 0.2) is 58.8 Å². The Morgan fingerprint density at radius 3 is 1.83 bits per heavy atom. The molecule has 0 radical (unpaired) electrons. The van der Waals surface area contributed by atoms with E-state index in [0.29, 0.717) is 11.3 Å². The topological polar surface area (TPSA) is 57.1 Å². The molecule has 5 heteroatoms. The van der Waals surface area contributed by atoms with Crippen molar-refractivity contribution in [1.29, 1.82) is 0 Å². The van der Waals surface area contributed by atoms with Crippen LogP contribution in [0.25, 0.3) is 0 Å². The van der Waals surface area contributed by atoms with Crippen LogP contribution in [0, 0.1) is 0 Å². The van der Waals surface area contributed by atoms with Crippen molar-refractivity contribution in [3.63, 3.8) is 0 Å². The zero-order valence-corrected chi connectivity index (χ0v) is 13.9. The molecule has 0 aliphatic carbocycles. The summed E-state index contributed by atoms with van der Waals surface area (Å²) in [6.07, 6.45) is 0. The largest absolute Gasteiger partial charge is 0.378 e. The van der Waals surface area contributed by atoms with Gasteiger partial charge in [0.25, 0.3) is 5.91 Å². The Morgan fingerprint density at radius 2 is 1.39 bits per heavy atom. The van der Waals surface area contributed by atoms with Crippen LogP contribution in [-0.2, 0) is 0 Å². The van der Waals surface area contributed by atoms with Gasteiger partial charge in [0.2, 0.25) is 0 Å². The van der Waals surface area contributed by atoms with Crippen LogP contribution in [0.1, 0.15) is 24.2 Å². The van der Waals surface area contributed by atoms with Crippen LogP contribution < -0.4 is 10.2 Å². The summed E-state index contributed by atoms with van der Waals surface area (Å²) in [5.41, 5.74) is 3.23. The zero-order valence-electron chi connectivity index (χ0n) is 13.9. The van der Waals surface area contributed by atoms with E-state index in [4.69, 9.17) is 0 Å². The van der Waals surface area contributed by atoms with Crippen LogP contribution >= 0.6 is 0 Å². The molecule has 0 unspecified atom stereocenters. The average molecular weight is 310 g/mol. The van der Waals surface area contributed by atoms with Crippen LogP contribution in [0.4, 0.5) is 17.1 Å². The van der Waals surface area contributed by atoms with E-state index in [1.54, 1.807) is 24.3 Å². The maximum atomic E-state index is 11.9. The van der Waals surface area contributed by atoms with Gasteiger partial charge in [-0.2, -0.15) is 10.2 Å². The fourth-order valence-corrected chi connectivity index (χ4v) is 1.96. The number of benzene rings is 2. The number of azo groups is 1. The smallest absolute Gasteiger partial charge is 0.251 e. The lowest BCUT2D eigenvalue weighted by atomic mass is 10.2. The Hall–Kier alpha value is -2.69. The van der Waals surface area contributed by atoms with Gasteiger partial charge in [-0.05, 0) is 62.4 Å². The molecule has 0 spiro atoms. The lowest BCUT2D eigenvalue weighted by Crippen LogP contribution is -2.29. The highest BCUT2D eigenvalue weighted by Crippen LogP contribution is 2.21. The normalized spacial score (nSPS) is 11.0. The third-order valence-corrected chi connectivity index (χ3v) is 3.20. The average Bonchev–Trinajstić information content (AvgIpc) is 2.53. The predicted octanol–water partition coefficient (Wildman–Crippen LogP) is 4.31. The van der Waals surface area contributed by atoms with Crippen molar-refractivity contribution in [2.24, 2.45) is 10.2 Å². The van der Waals surface area contributed by atoms with E-state index < -0.39 is 0 Å². The van der Waals surface area contributed by atoms with E-state index in [9.17, 15) is 4.79 Å². The minimum absolute atomic E-state index is 0.0808. The van der Waals surface area contributed by atoms with E-state index >= 15 is 0 Å². The van der Waals surface area contributed by atoms with Crippen molar-refractivity contribution in [3.05, 3.63) is 54.1 Å². The van der Waals surface area contributed by atoms with E-state index in [0.717, 1.165) is 11.4 Å². The van der Waals surface area contributed by atoms with Crippen molar-refractivity contribution in [1.82, 2.24) is 5.32 Å². The fraction of sp³-hybridized carbons (Fsp3) is 0.278. The summed E-state index contributed by atoms with van der Waals surface area (Å²) in [7, 11) is 3.99. The molecular weight excluding hydrogens is 288 g/mol. The van der Waals surface area contributed by atoms with Crippen molar-refractivity contribution >= 4 is 23.0 Å². The molecular formula is C18H22N4O.